The quantitative estimate of drug-likeness (QED) is 0.682. The number of carbonyl (C=O) groups excluding carboxylic acids is 2. The summed E-state index contributed by atoms with van der Waals surface area (Å²) >= 11 is 0. The predicted molar refractivity (Wildman–Crippen MR) is 73.9 cm³/mol. The van der Waals surface area contributed by atoms with E-state index in [0.29, 0.717) is 26.2 Å². The number of nitrogens with two attached hydrogens (primary N) is 1. The van der Waals surface area contributed by atoms with Crippen LogP contribution in [0.1, 0.15) is 31.3 Å². The third-order valence-corrected chi connectivity index (χ3v) is 2.92. The Bertz CT molecular complexity index is 455. The van der Waals surface area contributed by atoms with Gasteiger partial charge in [0.2, 0.25) is 5.91 Å². The van der Waals surface area contributed by atoms with E-state index in [9.17, 15) is 9.59 Å². The number of rotatable bonds is 7. The molecule has 0 aliphatic carbocycles. The molecular formula is C12H22N6O2. The van der Waals surface area contributed by atoms with E-state index in [0.717, 1.165) is 0 Å². The minimum Gasteiger partial charge on any atom is -0.341 e. The van der Waals surface area contributed by atoms with Crippen LogP contribution in [0.4, 0.5) is 0 Å². The van der Waals surface area contributed by atoms with Gasteiger partial charge in [0.05, 0.1) is 12.7 Å². The minimum atomic E-state index is -0.595. The molecule has 1 heterocycles. The normalized spacial score (nSPS) is 12.0. The van der Waals surface area contributed by atoms with Gasteiger partial charge in [-0.05, 0) is 20.8 Å². The zero-order valence-electron chi connectivity index (χ0n) is 12.2. The Hall–Kier alpha value is -1.96. The van der Waals surface area contributed by atoms with Gasteiger partial charge in [-0.15, -0.1) is 5.10 Å². The number of carbonyl (C=O) groups is 2. The average molecular weight is 282 g/mol. The molecule has 0 aliphatic rings. The maximum absolute atomic E-state index is 12.0. The SMILES string of the molecule is CCN(CC)C(=O)C(C)NC(=O)c1cn(CCN)nn1. The van der Waals surface area contributed by atoms with E-state index in [4.69, 9.17) is 5.73 Å². The molecule has 8 nitrogen and oxygen atoms in total. The smallest absolute Gasteiger partial charge is 0.274 e. The van der Waals surface area contributed by atoms with Crippen molar-refractivity contribution in [1.82, 2.24) is 25.2 Å². The molecule has 8 heteroatoms. The molecule has 0 fully saturated rings. The van der Waals surface area contributed by atoms with Crippen molar-refractivity contribution in [3.63, 3.8) is 0 Å². The first-order valence-electron chi connectivity index (χ1n) is 6.73. The molecular weight excluding hydrogens is 260 g/mol. The lowest BCUT2D eigenvalue weighted by atomic mass is 10.2. The lowest BCUT2D eigenvalue weighted by Crippen LogP contribution is -2.46. The Labute approximate surface area is 118 Å². The van der Waals surface area contributed by atoms with Crippen LogP contribution in [0, 0.1) is 0 Å². The summed E-state index contributed by atoms with van der Waals surface area (Å²) in [6.45, 7) is 7.59. The number of aromatic nitrogens is 3. The van der Waals surface area contributed by atoms with Crippen molar-refractivity contribution < 1.29 is 9.59 Å². The number of hydrogen-bond acceptors (Lipinski definition) is 5. The van der Waals surface area contributed by atoms with Crippen molar-refractivity contribution in [2.24, 2.45) is 5.73 Å². The Morgan fingerprint density at radius 2 is 2.10 bits per heavy atom. The topological polar surface area (TPSA) is 106 Å². The van der Waals surface area contributed by atoms with E-state index in [1.54, 1.807) is 11.8 Å². The van der Waals surface area contributed by atoms with E-state index in [-0.39, 0.29) is 11.6 Å². The fraction of sp³-hybridized carbons (Fsp3) is 0.667. The molecule has 1 rings (SSSR count). The van der Waals surface area contributed by atoms with E-state index >= 15 is 0 Å². The summed E-state index contributed by atoms with van der Waals surface area (Å²) in [6.07, 6.45) is 1.51. The van der Waals surface area contributed by atoms with Crippen molar-refractivity contribution >= 4 is 11.8 Å². The van der Waals surface area contributed by atoms with E-state index in [2.05, 4.69) is 15.6 Å². The molecule has 0 radical (unpaired) electrons. The zero-order chi connectivity index (χ0) is 15.1. The molecule has 0 saturated heterocycles. The van der Waals surface area contributed by atoms with Crippen molar-refractivity contribution in [3.05, 3.63) is 11.9 Å². The fourth-order valence-corrected chi connectivity index (χ4v) is 1.79. The van der Waals surface area contributed by atoms with Crippen LogP contribution < -0.4 is 11.1 Å². The van der Waals surface area contributed by atoms with E-state index in [1.807, 2.05) is 13.8 Å². The van der Waals surface area contributed by atoms with Gasteiger partial charge in [0.15, 0.2) is 5.69 Å². The first-order valence-corrected chi connectivity index (χ1v) is 6.73. The number of nitrogens with zero attached hydrogens (tertiary/aromatic N) is 4. The van der Waals surface area contributed by atoms with Crippen molar-refractivity contribution in [2.75, 3.05) is 19.6 Å². The second kappa shape index (κ2) is 7.59. The van der Waals surface area contributed by atoms with Crippen LogP contribution in [0.2, 0.25) is 0 Å². The van der Waals surface area contributed by atoms with Crippen molar-refractivity contribution in [2.45, 2.75) is 33.4 Å². The van der Waals surface area contributed by atoms with Gasteiger partial charge in [0.1, 0.15) is 6.04 Å². The number of nitrogens with one attached hydrogen (secondary N) is 1. The molecule has 0 saturated carbocycles. The van der Waals surface area contributed by atoms with Gasteiger partial charge < -0.3 is 16.0 Å². The lowest BCUT2D eigenvalue weighted by Gasteiger charge is -2.23. The molecule has 1 aromatic rings. The Morgan fingerprint density at radius 1 is 1.45 bits per heavy atom. The van der Waals surface area contributed by atoms with Gasteiger partial charge in [0, 0.05) is 19.6 Å². The third-order valence-electron chi connectivity index (χ3n) is 2.92. The molecule has 1 aromatic heterocycles. The van der Waals surface area contributed by atoms with Gasteiger partial charge in [-0.2, -0.15) is 0 Å². The fourth-order valence-electron chi connectivity index (χ4n) is 1.79. The van der Waals surface area contributed by atoms with Gasteiger partial charge in [-0.1, -0.05) is 5.21 Å². The van der Waals surface area contributed by atoms with Crippen LogP contribution >= 0.6 is 0 Å². The second-order valence-electron chi connectivity index (χ2n) is 4.36. The van der Waals surface area contributed by atoms with Crippen molar-refractivity contribution in [3.8, 4) is 0 Å². The van der Waals surface area contributed by atoms with Crippen LogP contribution in [0.3, 0.4) is 0 Å². The summed E-state index contributed by atoms with van der Waals surface area (Å²) in [5.74, 6) is -0.529. The maximum Gasteiger partial charge on any atom is 0.274 e. The van der Waals surface area contributed by atoms with E-state index in [1.165, 1.54) is 10.9 Å². The minimum absolute atomic E-state index is 0.113. The second-order valence-corrected chi connectivity index (χ2v) is 4.36. The highest BCUT2D eigenvalue weighted by Gasteiger charge is 2.21. The molecule has 1 unspecified atom stereocenters. The summed E-state index contributed by atoms with van der Waals surface area (Å²) in [7, 11) is 0. The number of likely N-dealkylation sites (N-methyl/N-ethyl adjacent to an activating group) is 1. The monoisotopic (exact) mass is 282 g/mol. The first kappa shape index (κ1) is 16.1. The van der Waals surface area contributed by atoms with Crippen molar-refractivity contribution in [1.29, 1.82) is 0 Å². The summed E-state index contributed by atoms with van der Waals surface area (Å²) in [6, 6.07) is -0.595. The standard InChI is InChI=1S/C12H22N6O2/c1-4-17(5-2)12(20)9(3)14-11(19)10-8-18(7-6-13)16-15-10/h8-9H,4-7,13H2,1-3H3,(H,14,19). The summed E-state index contributed by atoms with van der Waals surface area (Å²) < 4.78 is 1.49. The molecule has 3 N–H and O–H groups in total. The third kappa shape index (κ3) is 4.02. The molecule has 2 amide bonds. The highest BCUT2D eigenvalue weighted by Crippen LogP contribution is 1.98. The van der Waals surface area contributed by atoms with E-state index < -0.39 is 11.9 Å². The molecule has 1 atom stereocenters. The highest BCUT2D eigenvalue weighted by molar-refractivity contribution is 5.95. The number of hydrogen-bond donors (Lipinski definition) is 2. The first-order chi connectivity index (χ1) is 9.53. The summed E-state index contributed by atoms with van der Waals surface area (Å²) in [5, 5.41) is 10.2. The Balaban J connectivity index is 2.62. The Morgan fingerprint density at radius 3 is 2.65 bits per heavy atom. The molecule has 0 spiro atoms. The molecule has 0 bridgehead atoms. The molecule has 112 valence electrons. The molecule has 0 aliphatic heterocycles. The van der Waals surface area contributed by atoms with Crippen LogP contribution in [-0.2, 0) is 11.3 Å². The van der Waals surface area contributed by atoms with Gasteiger partial charge in [0.25, 0.3) is 5.91 Å². The zero-order valence-corrected chi connectivity index (χ0v) is 12.2. The summed E-state index contributed by atoms with van der Waals surface area (Å²) in [4.78, 5) is 25.6. The lowest BCUT2D eigenvalue weighted by molar-refractivity contribution is -0.132. The molecule has 0 aromatic carbocycles. The van der Waals surface area contributed by atoms with Gasteiger partial charge >= 0.3 is 0 Å². The largest absolute Gasteiger partial charge is 0.341 e. The average Bonchev–Trinajstić information content (AvgIpc) is 2.89. The highest BCUT2D eigenvalue weighted by atomic mass is 16.2. The van der Waals surface area contributed by atoms with Crippen LogP contribution in [0.5, 0.6) is 0 Å². The molecule has 20 heavy (non-hydrogen) atoms. The predicted octanol–water partition coefficient (Wildman–Crippen LogP) is -0.776. The maximum atomic E-state index is 12.0. The number of amides is 2. The van der Waals surface area contributed by atoms with Gasteiger partial charge in [-0.25, -0.2) is 0 Å². The van der Waals surface area contributed by atoms with Crippen LogP contribution in [0.15, 0.2) is 6.20 Å². The van der Waals surface area contributed by atoms with Gasteiger partial charge in [-0.3, -0.25) is 14.3 Å². The Kier molecular flexibility index (Phi) is 6.10. The van der Waals surface area contributed by atoms with Crippen LogP contribution in [0.25, 0.3) is 0 Å². The van der Waals surface area contributed by atoms with Crippen LogP contribution in [-0.4, -0.2) is 57.4 Å². The summed E-state index contributed by atoms with van der Waals surface area (Å²) in [5.41, 5.74) is 5.57.